The molecule has 2 heterocycles. The second kappa shape index (κ2) is 4.70. The largest absolute Gasteiger partial charge is 0.306 e. The molecule has 0 spiro atoms. The summed E-state index contributed by atoms with van der Waals surface area (Å²) in [4.78, 5) is 2.06. The van der Waals surface area contributed by atoms with Gasteiger partial charge in [0.05, 0.1) is 0 Å². The number of aryl methyl sites for hydroxylation is 1. The maximum Gasteiger partial charge on any atom is 0.213 e. The summed E-state index contributed by atoms with van der Waals surface area (Å²) >= 11 is 3.23. The summed E-state index contributed by atoms with van der Waals surface area (Å²) in [6, 6.07) is 6.58. The third kappa shape index (κ3) is 2.13. The highest BCUT2D eigenvalue weighted by molar-refractivity contribution is 8.02. The topological polar surface area (TPSA) is 29.0 Å². The van der Waals surface area contributed by atoms with Crippen molar-refractivity contribution in [1.82, 2.24) is 10.2 Å². The first-order valence-electron chi connectivity index (χ1n) is 5.40. The maximum absolute atomic E-state index is 12.9. The van der Waals surface area contributed by atoms with Crippen LogP contribution >= 0.6 is 23.1 Å². The van der Waals surface area contributed by atoms with E-state index in [2.05, 4.69) is 15.1 Å². The van der Waals surface area contributed by atoms with Crippen LogP contribution in [-0.4, -0.2) is 10.2 Å². The van der Waals surface area contributed by atoms with Crippen LogP contribution in [0.2, 0.25) is 0 Å². The molecule has 1 unspecified atom stereocenters. The molecule has 1 aromatic heterocycles. The molecule has 2 aromatic rings. The van der Waals surface area contributed by atoms with Gasteiger partial charge in [-0.3, -0.25) is 0 Å². The van der Waals surface area contributed by atoms with Crippen molar-refractivity contribution in [1.29, 1.82) is 0 Å². The zero-order valence-corrected chi connectivity index (χ0v) is 11.2. The minimum atomic E-state index is -0.215. The Hall–Kier alpha value is -1.40. The lowest BCUT2D eigenvalue weighted by atomic mass is 10.2. The fourth-order valence-corrected chi connectivity index (χ4v) is 3.47. The molecule has 0 amide bonds. The molecule has 0 aliphatic carbocycles. The molecule has 1 aliphatic rings. The molecule has 0 saturated carbocycles. The average Bonchev–Trinajstić information content (AvgIpc) is 2.98. The van der Waals surface area contributed by atoms with Crippen molar-refractivity contribution in [2.45, 2.75) is 12.3 Å². The van der Waals surface area contributed by atoms with Gasteiger partial charge in [-0.1, -0.05) is 23.5 Å². The third-order valence-electron chi connectivity index (χ3n) is 2.57. The first kappa shape index (κ1) is 11.7. The molecule has 92 valence electrons. The summed E-state index contributed by atoms with van der Waals surface area (Å²) in [5, 5.41) is 12.1. The normalized spacial score (nSPS) is 18.6. The van der Waals surface area contributed by atoms with Gasteiger partial charge in [0.25, 0.3) is 0 Å². The molecule has 1 atom stereocenters. The number of benzene rings is 1. The van der Waals surface area contributed by atoms with E-state index in [1.54, 1.807) is 35.2 Å². The van der Waals surface area contributed by atoms with E-state index in [4.69, 9.17) is 0 Å². The highest BCUT2D eigenvalue weighted by atomic mass is 32.2. The average molecular weight is 279 g/mol. The molecule has 1 aromatic carbocycles. The van der Waals surface area contributed by atoms with Crippen molar-refractivity contribution < 1.29 is 4.39 Å². The molecule has 3 nitrogen and oxygen atoms in total. The number of hydrogen-bond donors (Lipinski definition) is 0. The van der Waals surface area contributed by atoms with E-state index in [1.807, 2.05) is 18.5 Å². The smallest absolute Gasteiger partial charge is 0.213 e. The minimum Gasteiger partial charge on any atom is -0.306 e. The van der Waals surface area contributed by atoms with Gasteiger partial charge in [-0.25, -0.2) is 4.39 Å². The SMILES string of the molecule is Cc1nnc(N2C=CSC2c2ccc(F)cc2)s1. The van der Waals surface area contributed by atoms with E-state index in [9.17, 15) is 4.39 Å². The molecule has 1 aliphatic heterocycles. The van der Waals surface area contributed by atoms with Crippen LogP contribution in [0.5, 0.6) is 0 Å². The molecule has 6 heteroatoms. The summed E-state index contributed by atoms with van der Waals surface area (Å²) in [6.45, 7) is 1.93. The van der Waals surface area contributed by atoms with Gasteiger partial charge in [-0.2, -0.15) is 0 Å². The van der Waals surface area contributed by atoms with Crippen LogP contribution in [0.1, 0.15) is 15.9 Å². The summed E-state index contributed by atoms with van der Waals surface area (Å²) in [5.74, 6) is -0.215. The second-order valence-corrected chi connectivity index (χ2v) is 5.99. The zero-order chi connectivity index (χ0) is 12.5. The van der Waals surface area contributed by atoms with Crippen LogP contribution in [0.25, 0.3) is 0 Å². The van der Waals surface area contributed by atoms with Gasteiger partial charge in [-0.15, -0.1) is 22.0 Å². The minimum absolute atomic E-state index is 0.109. The Morgan fingerprint density at radius 2 is 2.00 bits per heavy atom. The van der Waals surface area contributed by atoms with Gasteiger partial charge in [-0.05, 0) is 30.0 Å². The maximum atomic E-state index is 12.9. The van der Waals surface area contributed by atoms with E-state index in [-0.39, 0.29) is 11.2 Å². The number of halogens is 1. The number of thioether (sulfide) groups is 1. The van der Waals surface area contributed by atoms with Crippen molar-refractivity contribution in [2.24, 2.45) is 0 Å². The van der Waals surface area contributed by atoms with Crippen LogP contribution in [0.3, 0.4) is 0 Å². The predicted octanol–water partition coefficient (Wildman–Crippen LogP) is 3.71. The fraction of sp³-hybridized carbons (Fsp3) is 0.167. The number of aromatic nitrogens is 2. The monoisotopic (exact) mass is 279 g/mol. The Balaban J connectivity index is 1.91. The van der Waals surface area contributed by atoms with Crippen LogP contribution in [0.4, 0.5) is 9.52 Å². The summed E-state index contributed by atoms with van der Waals surface area (Å²) in [5.41, 5.74) is 1.05. The van der Waals surface area contributed by atoms with Crippen LogP contribution < -0.4 is 4.90 Å². The summed E-state index contributed by atoms with van der Waals surface area (Å²) in [7, 11) is 0. The molecular weight excluding hydrogens is 269 g/mol. The standard InChI is InChI=1S/C12H10FN3S2/c1-8-14-15-12(18-8)16-6-7-17-11(16)9-2-4-10(13)5-3-9/h2-7,11H,1H3. The molecule has 0 radical (unpaired) electrons. The molecule has 0 bridgehead atoms. The number of nitrogens with zero attached hydrogens (tertiary/aromatic N) is 3. The van der Waals surface area contributed by atoms with Crippen LogP contribution in [-0.2, 0) is 0 Å². The number of anilines is 1. The first-order chi connectivity index (χ1) is 8.74. The Morgan fingerprint density at radius 1 is 1.22 bits per heavy atom. The molecule has 0 saturated heterocycles. The lowest BCUT2D eigenvalue weighted by Crippen LogP contribution is -2.16. The van der Waals surface area contributed by atoms with Crippen molar-refractivity contribution in [2.75, 3.05) is 4.90 Å². The van der Waals surface area contributed by atoms with Crippen LogP contribution in [0, 0.1) is 12.7 Å². The van der Waals surface area contributed by atoms with Gasteiger partial charge >= 0.3 is 0 Å². The lowest BCUT2D eigenvalue weighted by Gasteiger charge is -2.21. The first-order valence-corrected chi connectivity index (χ1v) is 7.16. The van der Waals surface area contributed by atoms with Gasteiger partial charge < -0.3 is 4.90 Å². The van der Waals surface area contributed by atoms with E-state index in [1.165, 1.54) is 12.1 Å². The Bertz CT molecular complexity index is 579. The Morgan fingerprint density at radius 3 is 2.67 bits per heavy atom. The third-order valence-corrected chi connectivity index (χ3v) is 4.46. The summed E-state index contributed by atoms with van der Waals surface area (Å²) < 4.78 is 12.9. The quantitative estimate of drug-likeness (QED) is 0.838. The highest BCUT2D eigenvalue weighted by Gasteiger charge is 2.25. The van der Waals surface area contributed by atoms with E-state index in [0.717, 1.165) is 15.7 Å². The van der Waals surface area contributed by atoms with Gasteiger partial charge in [0.1, 0.15) is 16.2 Å². The Labute approximate surface area is 112 Å². The lowest BCUT2D eigenvalue weighted by molar-refractivity contribution is 0.627. The van der Waals surface area contributed by atoms with E-state index in [0.29, 0.717) is 0 Å². The zero-order valence-electron chi connectivity index (χ0n) is 9.58. The predicted molar refractivity (Wildman–Crippen MR) is 73.0 cm³/mol. The number of rotatable bonds is 2. The van der Waals surface area contributed by atoms with Crippen molar-refractivity contribution in [3.8, 4) is 0 Å². The molecule has 3 rings (SSSR count). The summed E-state index contributed by atoms with van der Waals surface area (Å²) in [6.07, 6.45) is 1.98. The highest BCUT2D eigenvalue weighted by Crippen LogP contribution is 2.42. The molecular formula is C12H10FN3S2. The van der Waals surface area contributed by atoms with E-state index < -0.39 is 0 Å². The van der Waals surface area contributed by atoms with Crippen molar-refractivity contribution >= 4 is 28.2 Å². The van der Waals surface area contributed by atoms with Gasteiger partial charge in [0.15, 0.2) is 0 Å². The fourth-order valence-electron chi connectivity index (χ4n) is 1.74. The Kier molecular flexibility index (Phi) is 3.05. The molecule has 0 N–H and O–H groups in total. The molecule has 18 heavy (non-hydrogen) atoms. The van der Waals surface area contributed by atoms with E-state index >= 15 is 0 Å². The van der Waals surface area contributed by atoms with Gasteiger partial charge in [0.2, 0.25) is 5.13 Å². The van der Waals surface area contributed by atoms with Crippen LogP contribution in [0.15, 0.2) is 35.9 Å². The van der Waals surface area contributed by atoms with Crippen molar-refractivity contribution in [3.05, 3.63) is 52.3 Å². The van der Waals surface area contributed by atoms with Crippen molar-refractivity contribution in [3.63, 3.8) is 0 Å². The number of hydrogen-bond acceptors (Lipinski definition) is 5. The van der Waals surface area contributed by atoms with Gasteiger partial charge in [0, 0.05) is 6.20 Å². The second-order valence-electron chi connectivity index (χ2n) is 3.84. The molecule has 0 fully saturated rings.